The van der Waals surface area contributed by atoms with Gasteiger partial charge >= 0.3 is 0 Å². The van der Waals surface area contributed by atoms with Crippen LogP contribution in [0.25, 0.3) is 0 Å². The molecule has 1 aromatic carbocycles. The lowest BCUT2D eigenvalue weighted by molar-refractivity contribution is -0.126. The Balaban J connectivity index is 1.64. The molecule has 2 aromatic rings. The monoisotopic (exact) mass is 337 g/mol. The zero-order valence-corrected chi connectivity index (χ0v) is 14.6. The van der Waals surface area contributed by atoms with E-state index in [1.807, 2.05) is 36.4 Å². The van der Waals surface area contributed by atoms with Crippen molar-refractivity contribution in [1.29, 1.82) is 0 Å². The number of carbonyl (C=O) groups is 2. The number of pyridine rings is 1. The van der Waals surface area contributed by atoms with Crippen molar-refractivity contribution in [2.75, 3.05) is 11.4 Å². The van der Waals surface area contributed by atoms with Crippen molar-refractivity contribution in [3.8, 4) is 0 Å². The van der Waals surface area contributed by atoms with Gasteiger partial charge in [0.15, 0.2) is 0 Å². The fourth-order valence-electron chi connectivity index (χ4n) is 3.01. The van der Waals surface area contributed by atoms with Crippen LogP contribution in [0.2, 0.25) is 0 Å². The number of hydrogen-bond acceptors (Lipinski definition) is 3. The maximum atomic E-state index is 12.4. The van der Waals surface area contributed by atoms with E-state index in [1.165, 1.54) is 5.56 Å². The summed E-state index contributed by atoms with van der Waals surface area (Å²) in [5, 5.41) is 2.88. The highest BCUT2D eigenvalue weighted by Crippen LogP contribution is 2.27. The first-order valence-corrected chi connectivity index (χ1v) is 8.62. The van der Waals surface area contributed by atoms with Crippen LogP contribution >= 0.6 is 0 Å². The standard InChI is InChI=1S/C20H23N3O2/c1-14(2)15-6-5-8-18(10-15)23-13-16(11-19(23)24)20(25)22-12-17-7-3-4-9-21-17/h3-10,14,16H,11-13H2,1-2H3,(H,22,25). The number of nitrogens with zero attached hydrogens (tertiary/aromatic N) is 2. The van der Waals surface area contributed by atoms with Crippen LogP contribution in [0.5, 0.6) is 0 Å². The van der Waals surface area contributed by atoms with E-state index in [4.69, 9.17) is 0 Å². The van der Waals surface area contributed by atoms with Crippen LogP contribution in [-0.4, -0.2) is 23.3 Å². The third-order valence-electron chi connectivity index (χ3n) is 4.51. The van der Waals surface area contributed by atoms with Crippen molar-refractivity contribution in [3.05, 3.63) is 59.9 Å². The molecule has 1 unspecified atom stereocenters. The van der Waals surface area contributed by atoms with E-state index >= 15 is 0 Å². The van der Waals surface area contributed by atoms with E-state index in [0.29, 0.717) is 19.0 Å². The normalized spacial score (nSPS) is 17.2. The van der Waals surface area contributed by atoms with E-state index < -0.39 is 0 Å². The number of anilines is 1. The Labute approximate surface area is 148 Å². The second-order valence-corrected chi connectivity index (χ2v) is 6.69. The maximum Gasteiger partial charge on any atom is 0.227 e. The largest absolute Gasteiger partial charge is 0.350 e. The van der Waals surface area contributed by atoms with Gasteiger partial charge in [0, 0.05) is 24.8 Å². The van der Waals surface area contributed by atoms with Gasteiger partial charge in [-0.15, -0.1) is 0 Å². The number of nitrogens with one attached hydrogen (secondary N) is 1. The number of aromatic nitrogens is 1. The average Bonchev–Trinajstić information content (AvgIpc) is 3.02. The van der Waals surface area contributed by atoms with Crippen LogP contribution < -0.4 is 10.2 Å². The van der Waals surface area contributed by atoms with Crippen molar-refractivity contribution < 1.29 is 9.59 Å². The third-order valence-corrected chi connectivity index (χ3v) is 4.51. The summed E-state index contributed by atoms with van der Waals surface area (Å²) in [5.41, 5.74) is 2.87. The Morgan fingerprint density at radius 3 is 2.84 bits per heavy atom. The van der Waals surface area contributed by atoms with Crippen LogP contribution in [0.3, 0.4) is 0 Å². The van der Waals surface area contributed by atoms with Crippen molar-refractivity contribution in [3.63, 3.8) is 0 Å². The van der Waals surface area contributed by atoms with E-state index in [2.05, 4.69) is 30.2 Å². The Hall–Kier alpha value is -2.69. The summed E-state index contributed by atoms with van der Waals surface area (Å²) in [5.74, 6) is -0.0190. The minimum absolute atomic E-state index is 0.00103. The van der Waals surface area contributed by atoms with Gasteiger partial charge in [-0.3, -0.25) is 14.6 Å². The predicted molar refractivity (Wildman–Crippen MR) is 97.1 cm³/mol. The van der Waals surface area contributed by atoms with Gasteiger partial charge in [0.1, 0.15) is 0 Å². The van der Waals surface area contributed by atoms with Gasteiger partial charge in [-0.2, -0.15) is 0 Å². The molecule has 3 rings (SSSR count). The smallest absolute Gasteiger partial charge is 0.227 e. The molecule has 2 amide bonds. The molecule has 1 aliphatic rings. The fraction of sp³-hybridized carbons (Fsp3) is 0.350. The summed E-state index contributed by atoms with van der Waals surface area (Å²) < 4.78 is 0. The summed E-state index contributed by atoms with van der Waals surface area (Å²) in [7, 11) is 0. The summed E-state index contributed by atoms with van der Waals surface area (Å²) in [6, 6.07) is 13.6. The first-order chi connectivity index (χ1) is 12.0. The molecule has 0 aliphatic carbocycles. The fourth-order valence-corrected chi connectivity index (χ4v) is 3.01. The summed E-state index contributed by atoms with van der Waals surface area (Å²) >= 11 is 0. The molecule has 130 valence electrons. The lowest BCUT2D eigenvalue weighted by Crippen LogP contribution is -2.32. The number of rotatable bonds is 5. The molecule has 25 heavy (non-hydrogen) atoms. The van der Waals surface area contributed by atoms with Crippen LogP contribution in [0, 0.1) is 5.92 Å². The van der Waals surface area contributed by atoms with Gasteiger partial charge in [0.05, 0.1) is 18.2 Å². The molecular formula is C20H23N3O2. The predicted octanol–water partition coefficient (Wildman–Crippen LogP) is 2.87. The molecule has 0 saturated carbocycles. The quantitative estimate of drug-likeness (QED) is 0.912. The average molecular weight is 337 g/mol. The molecule has 1 aromatic heterocycles. The van der Waals surface area contributed by atoms with Gasteiger partial charge in [0.2, 0.25) is 11.8 Å². The van der Waals surface area contributed by atoms with E-state index in [-0.39, 0.29) is 24.2 Å². The van der Waals surface area contributed by atoms with Gasteiger partial charge in [0.25, 0.3) is 0 Å². The number of benzene rings is 1. The Morgan fingerprint density at radius 1 is 1.28 bits per heavy atom. The number of carbonyl (C=O) groups excluding carboxylic acids is 2. The molecule has 1 aliphatic heterocycles. The molecule has 2 heterocycles. The molecule has 0 bridgehead atoms. The van der Waals surface area contributed by atoms with Crippen LogP contribution in [0.4, 0.5) is 5.69 Å². The Bertz CT molecular complexity index is 759. The first-order valence-electron chi connectivity index (χ1n) is 8.62. The van der Waals surface area contributed by atoms with Crippen molar-refractivity contribution in [1.82, 2.24) is 10.3 Å². The van der Waals surface area contributed by atoms with Gasteiger partial charge in [-0.25, -0.2) is 0 Å². The molecule has 5 heteroatoms. The van der Waals surface area contributed by atoms with Crippen LogP contribution in [-0.2, 0) is 16.1 Å². The molecule has 1 saturated heterocycles. The highest BCUT2D eigenvalue weighted by molar-refractivity contribution is 6.00. The lowest BCUT2D eigenvalue weighted by atomic mass is 10.0. The highest BCUT2D eigenvalue weighted by Gasteiger charge is 2.35. The van der Waals surface area contributed by atoms with Crippen LogP contribution in [0.1, 0.15) is 37.4 Å². The number of hydrogen-bond donors (Lipinski definition) is 1. The van der Waals surface area contributed by atoms with Gasteiger partial charge in [-0.05, 0) is 35.7 Å². The third kappa shape index (κ3) is 4.05. The van der Waals surface area contributed by atoms with Crippen molar-refractivity contribution >= 4 is 17.5 Å². The lowest BCUT2D eigenvalue weighted by Gasteiger charge is -2.18. The van der Waals surface area contributed by atoms with E-state index in [1.54, 1.807) is 11.1 Å². The topological polar surface area (TPSA) is 62.3 Å². The van der Waals surface area contributed by atoms with E-state index in [9.17, 15) is 9.59 Å². The molecule has 0 spiro atoms. The van der Waals surface area contributed by atoms with Gasteiger partial charge in [-0.1, -0.05) is 32.0 Å². The summed E-state index contributed by atoms with van der Waals surface area (Å²) in [4.78, 5) is 30.7. The zero-order valence-electron chi connectivity index (χ0n) is 14.6. The minimum atomic E-state index is -0.320. The zero-order chi connectivity index (χ0) is 17.8. The Kier molecular flexibility index (Phi) is 5.12. The SMILES string of the molecule is CC(C)c1cccc(N2CC(C(=O)NCc3ccccn3)CC2=O)c1. The van der Waals surface area contributed by atoms with Crippen LogP contribution in [0.15, 0.2) is 48.7 Å². The molecule has 5 nitrogen and oxygen atoms in total. The molecule has 1 atom stereocenters. The van der Waals surface area contributed by atoms with Crippen molar-refractivity contribution in [2.45, 2.75) is 32.7 Å². The number of amides is 2. The Morgan fingerprint density at radius 2 is 2.12 bits per heavy atom. The highest BCUT2D eigenvalue weighted by atomic mass is 16.2. The maximum absolute atomic E-state index is 12.4. The summed E-state index contributed by atoms with van der Waals surface area (Å²) in [6.07, 6.45) is 1.95. The van der Waals surface area contributed by atoms with Crippen molar-refractivity contribution in [2.24, 2.45) is 5.92 Å². The minimum Gasteiger partial charge on any atom is -0.350 e. The molecule has 1 N–H and O–H groups in total. The molecule has 0 radical (unpaired) electrons. The van der Waals surface area contributed by atoms with E-state index in [0.717, 1.165) is 11.4 Å². The molecular weight excluding hydrogens is 314 g/mol. The molecule has 1 fully saturated rings. The first kappa shape index (κ1) is 17.1. The second kappa shape index (κ2) is 7.47. The summed E-state index contributed by atoms with van der Waals surface area (Å²) in [6.45, 7) is 5.05. The second-order valence-electron chi connectivity index (χ2n) is 6.69. The van der Waals surface area contributed by atoms with Gasteiger partial charge < -0.3 is 10.2 Å².